The lowest BCUT2D eigenvalue weighted by Gasteiger charge is -2.32. The predicted octanol–water partition coefficient (Wildman–Crippen LogP) is 3.88. The highest BCUT2D eigenvalue weighted by atomic mass is 32.2. The summed E-state index contributed by atoms with van der Waals surface area (Å²) in [5, 5.41) is 2.76. The van der Waals surface area contributed by atoms with Crippen molar-refractivity contribution in [1.29, 1.82) is 0 Å². The van der Waals surface area contributed by atoms with E-state index < -0.39 is 28.5 Å². The summed E-state index contributed by atoms with van der Waals surface area (Å²) < 4.78 is 34.5. The van der Waals surface area contributed by atoms with Crippen molar-refractivity contribution in [2.75, 3.05) is 30.5 Å². The summed E-state index contributed by atoms with van der Waals surface area (Å²) in [6.45, 7) is 5.74. The lowest BCUT2D eigenvalue weighted by Crippen LogP contribution is -2.52. The molecule has 2 amide bonds. The molecule has 0 aliphatic heterocycles. The van der Waals surface area contributed by atoms with Crippen molar-refractivity contribution in [3.05, 3.63) is 90.5 Å². The minimum Gasteiger partial charge on any atom is -0.492 e. The molecule has 0 radical (unpaired) electrons. The number of benzene rings is 3. The molecule has 9 heteroatoms. The van der Waals surface area contributed by atoms with Crippen LogP contribution in [-0.4, -0.2) is 57.4 Å². The third-order valence-electron chi connectivity index (χ3n) is 6.05. The number of amides is 2. The number of nitrogens with one attached hydrogen (secondary N) is 1. The molecule has 3 aromatic carbocycles. The van der Waals surface area contributed by atoms with E-state index >= 15 is 0 Å². The van der Waals surface area contributed by atoms with Gasteiger partial charge in [0.15, 0.2) is 0 Å². The number of nitrogens with zero attached hydrogens (tertiary/aromatic N) is 2. The van der Waals surface area contributed by atoms with Crippen molar-refractivity contribution in [1.82, 2.24) is 10.2 Å². The van der Waals surface area contributed by atoms with Crippen molar-refractivity contribution >= 4 is 27.5 Å². The number of sulfonamides is 1. The zero-order chi connectivity index (χ0) is 27.5. The number of carbonyl (C=O) groups is 2. The predicted molar refractivity (Wildman–Crippen MR) is 149 cm³/mol. The van der Waals surface area contributed by atoms with Crippen molar-refractivity contribution < 1.29 is 22.7 Å². The number of carbonyl (C=O) groups excluding carboxylic acids is 2. The Kier molecular flexibility index (Phi) is 10.3. The van der Waals surface area contributed by atoms with Gasteiger partial charge in [-0.25, -0.2) is 8.42 Å². The van der Waals surface area contributed by atoms with Crippen molar-refractivity contribution in [2.24, 2.45) is 0 Å². The van der Waals surface area contributed by atoms with E-state index in [4.69, 9.17) is 4.74 Å². The van der Waals surface area contributed by atoms with Crippen LogP contribution in [0.4, 0.5) is 5.69 Å². The molecule has 202 valence electrons. The molecule has 38 heavy (non-hydrogen) atoms. The Morgan fingerprint density at radius 2 is 1.50 bits per heavy atom. The molecule has 1 unspecified atom stereocenters. The van der Waals surface area contributed by atoms with Crippen LogP contribution in [0.5, 0.6) is 5.75 Å². The smallest absolute Gasteiger partial charge is 0.264 e. The summed E-state index contributed by atoms with van der Waals surface area (Å²) in [6.07, 6.45) is 0.511. The molecule has 0 saturated heterocycles. The van der Waals surface area contributed by atoms with Crippen LogP contribution in [-0.2, 0) is 26.0 Å². The van der Waals surface area contributed by atoms with E-state index in [-0.39, 0.29) is 23.0 Å². The topological polar surface area (TPSA) is 96.0 Å². The molecule has 8 nitrogen and oxygen atoms in total. The summed E-state index contributed by atoms with van der Waals surface area (Å²) in [6, 6.07) is 23.5. The van der Waals surface area contributed by atoms with Gasteiger partial charge in [-0.2, -0.15) is 0 Å². The minimum absolute atomic E-state index is 0.0479. The highest BCUT2D eigenvalue weighted by Gasteiger charge is 2.33. The van der Waals surface area contributed by atoms with Gasteiger partial charge < -0.3 is 15.0 Å². The van der Waals surface area contributed by atoms with Gasteiger partial charge in [0, 0.05) is 13.1 Å². The van der Waals surface area contributed by atoms with E-state index in [1.807, 2.05) is 30.3 Å². The van der Waals surface area contributed by atoms with Crippen LogP contribution in [0.2, 0.25) is 0 Å². The Morgan fingerprint density at radius 1 is 0.895 bits per heavy atom. The summed E-state index contributed by atoms with van der Waals surface area (Å²) in [5.74, 6) is -0.457. The molecule has 0 heterocycles. The number of para-hydroxylation sites is 2. The van der Waals surface area contributed by atoms with Gasteiger partial charge >= 0.3 is 0 Å². The van der Waals surface area contributed by atoms with Gasteiger partial charge in [0.05, 0.1) is 17.2 Å². The van der Waals surface area contributed by atoms with Crippen LogP contribution < -0.4 is 14.4 Å². The largest absolute Gasteiger partial charge is 0.492 e. The summed E-state index contributed by atoms with van der Waals surface area (Å²) >= 11 is 0. The summed E-state index contributed by atoms with van der Waals surface area (Å²) in [7, 11) is -4.14. The third-order valence-corrected chi connectivity index (χ3v) is 7.82. The van der Waals surface area contributed by atoms with Crippen LogP contribution in [0, 0.1) is 0 Å². The van der Waals surface area contributed by atoms with Gasteiger partial charge in [-0.3, -0.25) is 13.9 Å². The lowest BCUT2D eigenvalue weighted by molar-refractivity contribution is -0.138. The fourth-order valence-electron chi connectivity index (χ4n) is 4.07. The summed E-state index contributed by atoms with van der Waals surface area (Å²) in [4.78, 5) is 28.1. The molecule has 0 saturated carbocycles. The monoisotopic (exact) mass is 537 g/mol. The Morgan fingerprint density at radius 3 is 2.13 bits per heavy atom. The molecule has 3 aromatic rings. The summed E-state index contributed by atoms with van der Waals surface area (Å²) in [5.41, 5.74) is 1.25. The zero-order valence-electron chi connectivity index (χ0n) is 22.0. The van der Waals surface area contributed by atoms with Crippen molar-refractivity contribution in [3.63, 3.8) is 0 Å². The quantitative estimate of drug-likeness (QED) is 0.357. The molecule has 0 fully saturated rings. The van der Waals surface area contributed by atoms with Gasteiger partial charge in [0.1, 0.15) is 18.3 Å². The van der Waals surface area contributed by atoms with Crippen LogP contribution in [0.3, 0.4) is 0 Å². The molecule has 3 rings (SSSR count). The van der Waals surface area contributed by atoms with Crippen LogP contribution in [0.25, 0.3) is 0 Å². The first-order chi connectivity index (χ1) is 18.3. The van der Waals surface area contributed by atoms with Gasteiger partial charge in [0.25, 0.3) is 10.0 Å². The number of hydrogen-bond acceptors (Lipinski definition) is 5. The molecular formula is C29H35N3O5S. The number of rotatable bonds is 13. The molecular weight excluding hydrogens is 502 g/mol. The second-order valence-corrected chi connectivity index (χ2v) is 10.5. The normalized spacial score (nSPS) is 11.9. The molecule has 0 aliphatic carbocycles. The Labute approximate surface area is 225 Å². The molecule has 1 atom stereocenters. The van der Waals surface area contributed by atoms with Crippen LogP contribution in [0.1, 0.15) is 26.3 Å². The molecule has 1 N–H and O–H groups in total. The Hall–Kier alpha value is -3.85. The van der Waals surface area contributed by atoms with E-state index in [0.717, 1.165) is 9.87 Å². The number of hydrogen-bond donors (Lipinski definition) is 1. The number of likely N-dealkylation sites (N-methyl/N-ethyl adjacent to an activating group) is 1. The Bertz CT molecular complexity index is 1300. The zero-order valence-corrected chi connectivity index (χ0v) is 22.9. The minimum atomic E-state index is -4.14. The fraction of sp³-hybridized carbons (Fsp3) is 0.310. The highest BCUT2D eigenvalue weighted by Crippen LogP contribution is 2.32. The van der Waals surface area contributed by atoms with Gasteiger partial charge in [-0.05, 0) is 57.0 Å². The fourth-order valence-corrected chi connectivity index (χ4v) is 5.51. The maximum absolute atomic E-state index is 13.9. The van der Waals surface area contributed by atoms with Crippen LogP contribution >= 0.6 is 0 Å². The first-order valence-electron chi connectivity index (χ1n) is 12.7. The average molecular weight is 538 g/mol. The van der Waals surface area contributed by atoms with Gasteiger partial charge in [-0.1, -0.05) is 60.7 Å². The SMILES string of the molecule is CCNC(=O)C(C)N(CCc1ccccc1)C(=O)CN(c1ccccc1OCC)S(=O)(=O)c1ccccc1. The maximum Gasteiger partial charge on any atom is 0.264 e. The molecule has 0 spiro atoms. The van der Waals surface area contributed by atoms with E-state index in [0.29, 0.717) is 25.3 Å². The number of anilines is 1. The van der Waals surface area contributed by atoms with Gasteiger partial charge in [-0.15, -0.1) is 0 Å². The third kappa shape index (κ3) is 7.13. The van der Waals surface area contributed by atoms with Gasteiger partial charge in [0.2, 0.25) is 11.8 Å². The molecule has 0 bridgehead atoms. The van der Waals surface area contributed by atoms with Crippen molar-refractivity contribution in [3.8, 4) is 5.75 Å². The van der Waals surface area contributed by atoms with E-state index in [1.54, 1.807) is 63.2 Å². The number of ether oxygens (including phenoxy) is 1. The standard InChI is InChI=1S/C29H35N3O5S/c1-4-30-29(34)23(3)31(21-20-24-14-8-6-9-15-24)28(33)22-32(26-18-12-13-19-27(26)37-5-2)38(35,36)25-16-10-7-11-17-25/h6-19,23H,4-5,20-22H2,1-3H3,(H,30,34). The highest BCUT2D eigenvalue weighted by molar-refractivity contribution is 7.92. The molecule has 0 aliphatic rings. The molecule has 0 aromatic heterocycles. The second kappa shape index (κ2) is 13.6. The van der Waals surface area contributed by atoms with E-state index in [9.17, 15) is 18.0 Å². The van der Waals surface area contributed by atoms with E-state index in [1.165, 1.54) is 17.0 Å². The average Bonchev–Trinajstić information content (AvgIpc) is 2.93. The lowest BCUT2D eigenvalue weighted by atomic mass is 10.1. The Balaban J connectivity index is 2.01. The maximum atomic E-state index is 13.9. The first kappa shape index (κ1) is 28.7. The van der Waals surface area contributed by atoms with Crippen molar-refractivity contribution in [2.45, 2.75) is 38.1 Å². The second-order valence-electron chi connectivity index (χ2n) is 8.62. The first-order valence-corrected chi connectivity index (χ1v) is 14.1. The van der Waals surface area contributed by atoms with Crippen LogP contribution in [0.15, 0.2) is 89.8 Å². The van der Waals surface area contributed by atoms with E-state index in [2.05, 4.69) is 5.32 Å².